The quantitative estimate of drug-likeness (QED) is 0.679. The van der Waals surface area contributed by atoms with Crippen LogP contribution >= 0.6 is 11.6 Å². The third-order valence-electron chi connectivity index (χ3n) is 4.30. The monoisotopic (exact) mass is 297 g/mol. The molecule has 1 aromatic rings. The average Bonchev–Trinajstić information content (AvgIpc) is 2.71. The van der Waals surface area contributed by atoms with Crippen LogP contribution in [0.3, 0.4) is 0 Å². The van der Waals surface area contributed by atoms with E-state index in [1.54, 1.807) is 12.1 Å². The second-order valence-corrected chi connectivity index (χ2v) is 6.43. The van der Waals surface area contributed by atoms with E-state index in [1.807, 2.05) is 0 Å². The van der Waals surface area contributed by atoms with Crippen LogP contribution in [0.5, 0.6) is 5.75 Å². The van der Waals surface area contributed by atoms with Crippen molar-refractivity contribution in [2.75, 3.05) is 6.54 Å². The zero-order valence-corrected chi connectivity index (χ0v) is 12.3. The fourth-order valence-electron chi connectivity index (χ4n) is 3.18. The van der Waals surface area contributed by atoms with Crippen molar-refractivity contribution >= 4 is 11.6 Å². The largest absolute Gasteiger partial charge is 0.488 e. The van der Waals surface area contributed by atoms with Crippen molar-refractivity contribution in [1.29, 1.82) is 0 Å². The maximum Gasteiger partial charge on any atom is 0.123 e. The summed E-state index contributed by atoms with van der Waals surface area (Å²) in [6.45, 7) is 0.782. The van der Waals surface area contributed by atoms with Gasteiger partial charge in [-0.1, -0.05) is 19.3 Å². The van der Waals surface area contributed by atoms with Gasteiger partial charge < -0.3 is 10.1 Å². The van der Waals surface area contributed by atoms with E-state index < -0.39 is 0 Å². The molecule has 1 saturated carbocycles. The molecule has 0 radical (unpaired) electrons. The molecule has 1 N–H and O–H groups in total. The molecule has 1 aliphatic carbocycles. The summed E-state index contributed by atoms with van der Waals surface area (Å²) in [6, 6.07) is 5.13. The molecule has 3 rings (SSSR count). The van der Waals surface area contributed by atoms with Gasteiger partial charge in [0.2, 0.25) is 0 Å². The molecule has 110 valence electrons. The number of nitrogens with one attached hydrogen (secondary N) is 1. The van der Waals surface area contributed by atoms with E-state index in [4.69, 9.17) is 16.3 Å². The molecule has 0 saturated heterocycles. The number of fused-ring (bicyclic) bond motifs is 1. The van der Waals surface area contributed by atoms with Crippen molar-refractivity contribution in [2.45, 2.75) is 56.0 Å². The first-order chi connectivity index (χ1) is 9.72. The van der Waals surface area contributed by atoms with E-state index in [-0.39, 0.29) is 17.3 Å². The fourth-order valence-corrected chi connectivity index (χ4v) is 3.55. The van der Waals surface area contributed by atoms with Gasteiger partial charge in [0.25, 0.3) is 0 Å². The first kappa shape index (κ1) is 14.2. The summed E-state index contributed by atoms with van der Waals surface area (Å²) in [5, 5.41) is 3.77. The van der Waals surface area contributed by atoms with Crippen LogP contribution in [0.2, 0.25) is 0 Å². The van der Waals surface area contributed by atoms with Crippen LogP contribution in [-0.2, 0) is 6.42 Å². The van der Waals surface area contributed by atoms with E-state index in [0.717, 1.165) is 37.1 Å². The smallest absolute Gasteiger partial charge is 0.123 e. The third-order valence-corrected chi connectivity index (χ3v) is 4.83. The molecular formula is C16H21ClFNO. The second kappa shape index (κ2) is 6.31. The normalized spacial score (nSPS) is 29.6. The Labute approximate surface area is 124 Å². The molecule has 1 fully saturated rings. The van der Waals surface area contributed by atoms with Gasteiger partial charge >= 0.3 is 0 Å². The molecule has 2 nitrogen and oxygen atoms in total. The van der Waals surface area contributed by atoms with Crippen molar-refractivity contribution in [2.24, 2.45) is 0 Å². The molecule has 20 heavy (non-hydrogen) atoms. The SMILES string of the molecule is Fc1ccc2c(c1)CC(CNC1CCCCCC1Cl)O2. The van der Waals surface area contributed by atoms with Crippen molar-refractivity contribution in [1.82, 2.24) is 5.32 Å². The Bertz CT molecular complexity index is 468. The maximum atomic E-state index is 13.2. The summed E-state index contributed by atoms with van der Waals surface area (Å²) in [4.78, 5) is 0. The number of rotatable bonds is 3. The minimum atomic E-state index is -0.189. The highest BCUT2D eigenvalue weighted by Crippen LogP contribution is 2.29. The summed E-state index contributed by atoms with van der Waals surface area (Å²) in [6.07, 6.45) is 6.87. The van der Waals surface area contributed by atoms with Crippen LogP contribution in [0.15, 0.2) is 18.2 Å². The Morgan fingerprint density at radius 2 is 2.10 bits per heavy atom. The first-order valence-corrected chi connectivity index (χ1v) is 7.98. The number of hydrogen-bond acceptors (Lipinski definition) is 2. The molecule has 0 bridgehead atoms. The van der Waals surface area contributed by atoms with Gasteiger partial charge in [-0.3, -0.25) is 0 Å². The van der Waals surface area contributed by atoms with E-state index in [1.165, 1.54) is 25.3 Å². The molecule has 4 heteroatoms. The van der Waals surface area contributed by atoms with Crippen LogP contribution in [0.1, 0.15) is 37.7 Å². The second-order valence-electron chi connectivity index (χ2n) is 5.86. The molecule has 2 aliphatic rings. The maximum absolute atomic E-state index is 13.2. The minimum absolute atomic E-state index is 0.0962. The van der Waals surface area contributed by atoms with Crippen LogP contribution in [-0.4, -0.2) is 24.1 Å². The van der Waals surface area contributed by atoms with Gasteiger partial charge in [0, 0.05) is 29.9 Å². The Kier molecular flexibility index (Phi) is 4.47. The van der Waals surface area contributed by atoms with Crippen molar-refractivity contribution in [3.63, 3.8) is 0 Å². The lowest BCUT2D eigenvalue weighted by Crippen LogP contribution is -2.41. The van der Waals surface area contributed by atoms with Gasteiger partial charge in [0.1, 0.15) is 17.7 Å². The highest BCUT2D eigenvalue weighted by atomic mass is 35.5. The third kappa shape index (κ3) is 3.26. The van der Waals surface area contributed by atoms with E-state index in [0.29, 0.717) is 6.04 Å². The lowest BCUT2D eigenvalue weighted by atomic mass is 10.1. The summed E-state index contributed by atoms with van der Waals surface area (Å²) in [7, 11) is 0. The molecule has 0 aromatic heterocycles. The van der Waals surface area contributed by atoms with Crippen LogP contribution in [0.25, 0.3) is 0 Å². The first-order valence-electron chi connectivity index (χ1n) is 7.55. The van der Waals surface area contributed by atoms with Gasteiger partial charge in [-0.25, -0.2) is 4.39 Å². The zero-order valence-electron chi connectivity index (χ0n) is 11.6. The number of benzene rings is 1. The van der Waals surface area contributed by atoms with Crippen LogP contribution in [0, 0.1) is 5.82 Å². The van der Waals surface area contributed by atoms with Gasteiger partial charge in [0.05, 0.1) is 0 Å². The average molecular weight is 298 g/mol. The zero-order chi connectivity index (χ0) is 13.9. The Morgan fingerprint density at radius 3 is 3.00 bits per heavy atom. The number of hydrogen-bond donors (Lipinski definition) is 1. The molecule has 1 aromatic carbocycles. The van der Waals surface area contributed by atoms with Gasteiger partial charge in [0.15, 0.2) is 0 Å². The summed E-state index contributed by atoms with van der Waals surface area (Å²) in [5.41, 5.74) is 0.972. The molecule has 1 heterocycles. The van der Waals surface area contributed by atoms with E-state index in [2.05, 4.69) is 5.32 Å². The Morgan fingerprint density at radius 1 is 1.25 bits per heavy atom. The number of halogens is 2. The van der Waals surface area contributed by atoms with Crippen molar-refractivity contribution < 1.29 is 9.13 Å². The minimum Gasteiger partial charge on any atom is -0.488 e. The topological polar surface area (TPSA) is 21.3 Å². The summed E-state index contributed by atoms with van der Waals surface area (Å²) >= 11 is 6.43. The van der Waals surface area contributed by atoms with Crippen molar-refractivity contribution in [3.8, 4) is 5.75 Å². The highest BCUT2D eigenvalue weighted by molar-refractivity contribution is 6.21. The van der Waals surface area contributed by atoms with Gasteiger partial charge in [-0.15, -0.1) is 11.6 Å². The highest BCUT2D eigenvalue weighted by Gasteiger charge is 2.26. The van der Waals surface area contributed by atoms with Crippen molar-refractivity contribution in [3.05, 3.63) is 29.6 Å². The van der Waals surface area contributed by atoms with Gasteiger partial charge in [-0.2, -0.15) is 0 Å². The molecule has 3 atom stereocenters. The van der Waals surface area contributed by atoms with Crippen LogP contribution < -0.4 is 10.1 Å². The molecule has 1 aliphatic heterocycles. The fraction of sp³-hybridized carbons (Fsp3) is 0.625. The summed E-state index contributed by atoms with van der Waals surface area (Å²) in [5.74, 6) is 0.632. The lowest BCUT2D eigenvalue weighted by molar-refractivity contribution is 0.219. The van der Waals surface area contributed by atoms with E-state index in [9.17, 15) is 4.39 Å². The molecule has 0 spiro atoms. The molecule has 0 amide bonds. The number of alkyl halides is 1. The predicted octanol–water partition coefficient (Wildman–Crippen LogP) is 3.66. The van der Waals surface area contributed by atoms with E-state index >= 15 is 0 Å². The molecular weight excluding hydrogens is 277 g/mol. The predicted molar refractivity (Wildman–Crippen MR) is 79.0 cm³/mol. The Balaban J connectivity index is 1.53. The van der Waals surface area contributed by atoms with Crippen LogP contribution in [0.4, 0.5) is 4.39 Å². The standard InChI is InChI=1S/C16H21ClFNO/c17-14-4-2-1-3-5-15(14)19-10-13-9-11-8-12(18)6-7-16(11)20-13/h6-8,13-15,19H,1-5,9-10H2. The lowest BCUT2D eigenvalue weighted by Gasteiger charge is -2.23. The van der Waals surface area contributed by atoms with Gasteiger partial charge in [-0.05, 0) is 31.0 Å². The molecule has 3 unspecified atom stereocenters. The Hall–Kier alpha value is -0.800. The summed E-state index contributed by atoms with van der Waals surface area (Å²) < 4.78 is 19.0. The number of ether oxygens (including phenoxy) is 1.